The fourth-order valence-electron chi connectivity index (χ4n) is 2.44. The molecule has 19 heavy (non-hydrogen) atoms. The quantitative estimate of drug-likeness (QED) is 0.791. The molecule has 1 aliphatic rings. The van der Waals surface area contributed by atoms with E-state index in [0.717, 1.165) is 33.1 Å². The third kappa shape index (κ3) is 1.88. The molecule has 3 nitrogen and oxygen atoms in total. The summed E-state index contributed by atoms with van der Waals surface area (Å²) >= 11 is -1.22. The van der Waals surface area contributed by atoms with Gasteiger partial charge in [-0.2, -0.15) is 0 Å². The average Bonchev–Trinajstić information content (AvgIpc) is 2.46. The summed E-state index contributed by atoms with van der Waals surface area (Å²) in [5, 5.41) is 0. The molecular weight excluding hydrogens is 260 g/mol. The zero-order chi connectivity index (χ0) is 13.4. The second-order valence-corrected chi connectivity index (χ2v) is 5.72. The second kappa shape index (κ2) is 4.79. The summed E-state index contributed by atoms with van der Waals surface area (Å²) in [7, 11) is 3.23. The molecule has 0 amide bonds. The van der Waals surface area contributed by atoms with Gasteiger partial charge in [0.25, 0.3) is 0 Å². The minimum Gasteiger partial charge on any atom is -0.606 e. The summed E-state index contributed by atoms with van der Waals surface area (Å²) in [6, 6.07) is 11.5. The van der Waals surface area contributed by atoms with Gasteiger partial charge in [-0.25, -0.2) is 0 Å². The molecule has 98 valence electrons. The van der Waals surface area contributed by atoms with Crippen LogP contribution < -0.4 is 9.47 Å². The molecule has 0 bridgehead atoms. The van der Waals surface area contributed by atoms with Crippen LogP contribution in [0.15, 0.2) is 46.2 Å². The first-order chi connectivity index (χ1) is 9.26. The fourth-order valence-corrected chi connectivity index (χ4v) is 3.97. The fraction of sp³-hybridized carbons (Fsp3) is 0.200. The topological polar surface area (TPSA) is 41.5 Å². The first-order valence-electron chi connectivity index (χ1n) is 5.99. The highest BCUT2D eigenvalue weighted by molar-refractivity contribution is 7.91. The van der Waals surface area contributed by atoms with Gasteiger partial charge in [0.05, 0.1) is 19.8 Å². The van der Waals surface area contributed by atoms with E-state index in [1.807, 2.05) is 36.4 Å². The summed E-state index contributed by atoms with van der Waals surface area (Å²) in [6.07, 6.45) is 0.720. The average molecular weight is 274 g/mol. The summed E-state index contributed by atoms with van der Waals surface area (Å²) < 4.78 is 23.5. The van der Waals surface area contributed by atoms with Crippen molar-refractivity contribution in [1.29, 1.82) is 0 Å². The Morgan fingerprint density at radius 1 is 1.00 bits per heavy atom. The molecule has 0 saturated heterocycles. The lowest BCUT2D eigenvalue weighted by Crippen LogP contribution is -2.16. The second-order valence-electron chi connectivity index (χ2n) is 4.33. The van der Waals surface area contributed by atoms with E-state index in [1.165, 1.54) is 0 Å². The predicted octanol–water partition coefficient (Wildman–Crippen LogP) is 2.77. The van der Waals surface area contributed by atoms with E-state index in [2.05, 4.69) is 0 Å². The number of ether oxygens (including phenoxy) is 2. The molecule has 1 atom stereocenters. The highest BCUT2D eigenvalue weighted by atomic mass is 32.2. The number of benzene rings is 2. The van der Waals surface area contributed by atoms with Crippen LogP contribution in [-0.4, -0.2) is 18.8 Å². The Kier molecular flexibility index (Phi) is 3.12. The van der Waals surface area contributed by atoms with E-state index in [9.17, 15) is 4.55 Å². The Bertz CT molecular complexity index is 625. The van der Waals surface area contributed by atoms with Crippen molar-refractivity contribution < 1.29 is 14.0 Å². The lowest BCUT2D eigenvalue weighted by atomic mass is 10.0. The number of hydrogen-bond donors (Lipinski definition) is 0. The Balaban J connectivity index is 2.23. The number of rotatable bonds is 2. The van der Waals surface area contributed by atoms with Gasteiger partial charge in [0, 0.05) is 23.2 Å². The predicted molar refractivity (Wildman–Crippen MR) is 73.5 cm³/mol. The molecule has 1 heterocycles. The molecular formula is C15H14O3S. The van der Waals surface area contributed by atoms with Crippen molar-refractivity contribution in [2.24, 2.45) is 0 Å². The van der Waals surface area contributed by atoms with Gasteiger partial charge >= 0.3 is 0 Å². The summed E-state index contributed by atoms with van der Waals surface area (Å²) in [6.45, 7) is 0. The van der Waals surface area contributed by atoms with Gasteiger partial charge in [0.1, 0.15) is 5.75 Å². The van der Waals surface area contributed by atoms with Gasteiger partial charge in [-0.3, -0.25) is 0 Å². The van der Waals surface area contributed by atoms with E-state index < -0.39 is 11.2 Å². The molecule has 4 heteroatoms. The van der Waals surface area contributed by atoms with E-state index in [0.29, 0.717) is 5.75 Å². The van der Waals surface area contributed by atoms with Crippen LogP contribution in [0.3, 0.4) is 0 Å². The molecule has 0 spiro atoms. The van der Waals surface area contributed by atoms with Crippen LogP contribution in [0.25, 0.3) is 0 Å². The van der Waals surface area contributed by atoms with Crippen LogP contribution in [-0.2, 0) is 17.6 Å². The highest BCUT2D eigenvalue weighted by Crippen LogP contribution is 2.43. The Hall–Kier alpha value is -1.65. The molecule has 0 radical (unpaired) electrons. The van der Waals surface area contributed by atoms with Crippen molar-refractivity contribution in [3.8, 4) is 11.5 Å². The van der Waals surface area contributed by atoms with Crippen molar-refractivity contribution >= 4 is 11.2 Å². The normalized spacial score (nSPS) is 16.5. The van der Waals surface area contributed by atoms with Crippen LogP contribution in [0.5, 0.6) is 11.5 Å². The van der Waals surface area contributed by atoms with Gasteiger partial charge in [0.15, 0.2) is 10.6 Å². The van der Waals surface area contributed by atoms with E-state index in [1.54, 1.807) is 14.2 Å². The zero-order valence-electron chi connectivity index (χ0n) is 10.8. The van der Waals surface area contributed by atoms with Crippen molar-refractivity contribution in [3.05, 3.63) is 47.5 Å². The molecule has 0 fully saturated rings. The smallest absolute Gasteiger partial charge is 0.207 e. The van der Waals surface area contributed by atoms with Gasteiger partial charge in [-0.05, 0) is 18.2 Å². The van der Waals surface area contributed by atoms with Crippen molar-refractivity contribution in [2.45, 2.75) is 16.2 Å². The highest BCUT2D eigenvalue weighted by Gasteiger charge is 2.33. The monoisotopic (exact) mass is 274 g/mol. The van der Waals surface area contributed by atoms with Gasteiger partial charge < -0.3 is 14.0 Å². The molecule has 1 aliphatic heterocycles. The molecule has 2 aromatic rings. The summed E-state index contributed by atoms with van der Waals surface area (Å²) in [5.41, 5.74) is 2.04. The van der Waals surface area contributed by atoms with E-state index in [-0.39, 0.29) is 0 Å². The molecule has 0 saturated carbocycles. The molecule has 0 aromatic heterocycles. The SMILES string of the molecule is COc1ccc(OC)c2c1Cc1ccccc1[S+]2[O-]. The maximum Gasteiger partial charge on any atom is 0.207 e. The lowest BCUT2D eigenvalue weighted by Gasteiger charge is -2.24. The lowest BCUT2D eigenvalue weighted by molar-refractivity contribution is 0.387. The van der Waals surface area contributed by atoms with Gasteiger partial charge in [-0.1, -0.05) is 18.2 Å². The molecule has 2 aromatic carbocycles. The largest absolute Gasteiger partial charge is 0.606 e. The maximum absolute atomic E-state index is 12.7. The standard InChI is InChI=1S/C15H14O3S/c1-17-12-7-8-13(18-2)15-11(12)9-10-5-3-4-6-14(10)19(15)16/h3-8H,9H2,1-2H3. The molecule has 3 rings (SSSR count). The van der Waals surface area contributed by atoms with Crippen molar-refractivity contribution in [2.75, 3.05) is 14.2 Å². The van der Waals surface area contributed by atoms with Gasteiger partial charge in [0.2, 0.25) is 4.90 Å². The van der Waals surface area contributed by atoms with Crippen LogP contribution in [0.2, 0.25) is 0 Å². The minimum atomic E-state index is -1.22. The van der Waals surface area contributed by atoms with Gasteiger partial charge in [-0.15, -0.1) is 0 Å². The molecule has 0 aliphatic carbocycles. The van der Waals surface area contributed by atoms with Crippen LogP contribution in [0, 0.1) is 0 Å². The third-order valence-electron chi connectivity index (χ3n) is 3.35. The zero-order valence-corrected chi connectivity index (χ0v) is 11.6. The maximum atomic E-state index is 12.7. The Morgan fingerprint density at radius 2 is 1.68 bits per heavy atom. The van der Waals surface area contributed by atoms with Crippen LogP contribution in [0.1, 0.15) is 11.1 Å². The van der Waals surface area contributed by atoms with Crippen molar-refractivity contribution in [3.63, 3.8) is 0 Å². The Labute approximate surface area is 115 Å². The number of hydrogen-bond acceptors (Lipinski definition) is 3. The van der Waals surface area contributed by atoms with Crippen LogP contribution >= 0.6 is 0 Å². The molecule has 1 unspecified atom stereocenters. The Morgan fingerprint density at radius 3 is 2.42 bits per heavy atom. The van der Waals surface area contributed by atoms with E-state index >= 15 is 0 Å². The summed E-state index contributed by atoms with van der Waals surface area (Å²) in [4.78, 5) is 1.60. The number of methoxy groups -OCH3 is 2. The van der Waals surface area contributed by atoms with E-state index in [4.69, 9.17) is 9.47 Å². The first kappa shape index (κ1) is 12.4. The minimum absolute atomic E-state index is 0.656. The summed E-state index contributed by atoms with van der Waals surface area (Å²) in [5.74, 6) is 1.42. The van der Waals surface area contributed by atoms with Crippen molar-refractivity contribution in [1.82, 2.24) is 0 Å². The van der Waals surface area contributed by atoms with Crippen LogP contribution in [0.4, 0.5) is 0 Å². The first-order valence-corrected chi connectivity index (χ1v) is 7.14. The molecule has 0 N–H and O–H groups in total. The number of fused-ring (bicyclic) bond motifs is 2. The third-order valence-corrected chi connectivity index (χ3v) is 4.96.